The Balaban J connectivity index is 1.67. The molecule has 3 rings (SSSR count). The van der Waals surface area contributed by atoms with Crippen LogP contribution in [0.5, 0.6) is 0 Å². The zero-order chi connectivity index (χ0) is 25.2. The summed E-state index contributed by atoms with van der Waals surface area (Å²) in [6.07, 6.45) is 3.17. The molecule has 0 bridgehead atoms. The van der Waals surface area contributed by atoms with Crippen molar-refractivity contribution in [1.82, 2.24) is 15.8 Å². The Morgan fingerprint density at radius 3 is 2.71 bits per heavy atom. The quantitative estimate of drug-likeness (QED) is 0.552. The van der Waals surface area contributed by atoms with E-state index in [1.807, 2.05) is 44.2 Å². The van der Waals surface area contributed by atoms with E-state index in [1.54, 1.807) is 6.20 Å². The Hall–Kier alpha value is -3.49. The Labute approximate surface area is 205 Å². The van der Waals surface area contributed by atoms with Crippen molar-refractivity contribution < 1.29 is 28.4 Å². The van der Waals surface area contributed by atoms with Gasteiger partial charge in [0.2, 0.25) is 5.78 Å². The van der Waals surface area contributed by atoms with Crippen LogP contribution >= 0.6 is 0 Å². The van der Waals surface area contributed by atoms with Crippen LogP contribution in [0.25, 0.3) is 0 Å². The zero-order valence-corrected chi connectivity index (χ0v) is 20.2. The second-order valence-corrected chi connectivity index (χ2v) is 9.29. The number of rotatable bonds is 8. The van der Waals surface area contributed by atoms with Gasteiger partial charge in [-0.25, -0.2) is 4.79 Å². The minimum Gasteiger partial charge on any atom is -0.445 e. The Morgan fingerprint density at radius 2 is 1.97 bits per heavy atom. The van der Waals surface area contributed by atoms with Crippen LogP contribution < -0.4 is 10.6 Å². The molecule has 2 unspecified atom stereocenters. The van der Waals surface area contributed by atoms with Crippen LogP contribution in [-0.4, -0.2) is 41.3 Å². The summed E-state index contributed by atoms with van der Waals surface area (Å²) < 4.78 is 10.6. The molecule has 2 N–H and O–H groups in total. The van der Waals surface area contributed by atoms with Crippen LogP contribution in [0.3, 0.4) is 0 Å². The van der Waals surface area contributed by atoms with Crippen molar-refractivity contribution >= 4 is 23.6 Å². The van der Waals surface area contributed by atoms with Gasteiger partial charge in [-0.2, -0.15) is 0 Å². The fraction of sp³-hybridized carbons (Fsp3) is 0.500. The van der Waals surface area contributed by atoms with Gasteiger partial charge in [0, 0.05) is 30.9 Å². The van der Waals surface area contributed by atoms with Crippen LogP contribution in [-0.2, 0) is 38.6 Å². The maximum absolute atomic E-state index is 13.2. The summed E-state index contributed by atoms with van der Waals surface area (Å²) in [6.45, 7) is 4.29. The number of carbonyl (C=O) groups excluding carboxylic acids is 4. The lowest BCUT2D eigenvalue weighted by molar-refractivity contribution is -0.141. The third-order valence-corrected chi connectivity index (χ3v) is 6.00. The van der Waals surface area contributed by atoms with Crippen molar-refractivity contribution in [3.05, 3.63) is 53.4 Å². The van der Waals surface area contributed by atoms with Crippen molar-refractivity contribution in [2.24, 2.45) is 11.8 Å². The molecule has 1 aromatic heterocycles. The topological polar surface area (TPSA) is 128 Å². The predicted octanol–water partition coefficient (Wildman–Crippen LogP) is 3.16. The zero-order valence-electron chi connectivity index (χ0n) is 20.2. The summed E-state index contributed by atoms with van der Waals surface area (Å²) in [5.74, 6) is -1.56. The van der Waals surface area contributed by atoms with Gasteiger partial charge in [0.25, 0.3) is 5.91 Å². The molecule has 1 aliphatic rings. The number of ketones is 2. The molecule has 2 aromatic rings. The van der Waals surface area contributed by atoms with E-state index < -0.39 is 29.7 Å². The van der Waals surface area contributed by atoms with Crippen molar-refractivity contribution in [2.45, 2.75) is 65.0 Å². The van der Waals surface area contributed by atoms with E-state index >= 15 is 0 Å². The average molecular weight is 484 g/mol. The SMILES string of the molecule is CC(C)CC(NC(=O)OCc1ccccc1)C(=O)CC1CCc2cnoc2CCCNC(=O)C1=O. The highest BCUT2D eigenvalue weighted by molar-refractivity contribution is 6.37. The maximum atomic E-state index is 13.2. The van der Waals surface area contributed by atoms with Crippen molar-refractivity contribution in [1.29, 1.82) is 0 Å². The second-order valence-electron chi connectivity index (χ2n) is 9.29. The van der Waals surface area contributed by atoms with Gasteiger partial charge in [0.05, 0.1) is 12.2 Å². The summed E-state index contributed by atoms with van der Waals surface area (Å²) >= 11 is 0. The number of amides is 2. The lowest BCUT2D eigenvalue weighted by Crippen LogP contribution is -2.44. The molecular weight excluding hydrogens is 450 g/mol. The van der Waals surface area contributed by atoms with Crippen LogP contribution in [0.2, 0.25) is 0 Å². The number of aromatic nitrogens is 1. The minimum atomic E-state index is -0.821. The number of fused-ring (bicyclic) bond motifs is 1. The summed E-state index contributed by atoms with van der Waals surface area (Å²) in [7, 11) is 0. The van der Waals surface area contributed by atoms with Crippen LogP contribution in [0.15, 0.2) is 41.1 Å². The largest absolute Gasteiger partial charge is 0.445 e. The molecular formula is C26H33N3O6. The monoisotopic (exact) mass is 483 g/mol. The first kappa shape index (κ1) is 26.1. The fourth-order valence-corrected chi connectivity index (χ4v) is 4.11. The van der Waals surface area contributed by atoms with Gasteiger partial charge in [-0.1, -0.05) is 49.3 Å². The molecule has 1 aromatic carbocycles. The lowest BCUT2D eigenvalue weighted by Gasteiger charge is -2.22. The molecule has 0 spiro atoms. The lowest BCUT2D eigenvalue weighted by atomic mass is 9.87. The molecule has 0 saturated carbocycles. The Morgan fingerprint density at radius 1 is 1.20 bits per heavy atom. The van der Waals surface area contributed by atoms with Gasteiger partial charge in [0.15, 0.2) is 5.78 Å². The Kier molecular flexibility index (Phi) is 9.57. The summed E-state index contributed by atoms with van der Waals surface area (Å²) in [5.41, 5.74) is 1.71. The summed E-state index contributed by atoms with van der Waals surface area (Å²) in [5, 5.41) is 9.14. The van der Waals surface area contributed by atoms with Gasteiger partial charge >= 0.3 is 6.09 Å². The van der Waals surface area contributed by atoms with Gasteiger partial charge in [-0.15, -0.1) is 0 Å². The minimum absolute atomic E-state index is 0.0810. The molecule has 0 aliphatic carbocycles. The van der Waals surface area contributed by atoms with Gasteiger partial charge in [-0.05, 0) is 37.2 Å². The third kappa shape index (κ3) is 8.05. The van der Waals surface area contributed by atoms with E-state index in [0.717, 1.165) is 16.9 Å². The molecule has 9 heteroatoms. The second kappa shape index (κ2) is 12.8. The number of hydrogen-bond acceptors (Lipinski definition) is 7. The number of Topliss-reactive ketones (excluding diaryl/α,β-unsaturated/α-hetero) is 2. The molecule has 188 valence electrons. The molecule has 0 saturated heterocycles. The standard InChI is InChI=1S/C26H33N3O6/c1-17(2)13-21(29-26(33)34-16-18-7-4-3-5-8-18)22(30)14-19-10-11-20-15-28-35-23(20)9-6-12-27-25(32)24(19)31/h3-5,7-8,15,17,19,21H,6,9-14,16H2,1-2H3,(H,27,32)(H,29,33). The molecule has 2 atom stereocenters. The van der Waals surface area contributed by atoms with Crippen LogP contribution in [0.4, 0.5) is 4.79 Å². The average Bonchev–Trinajstić information content (AvgIpc) is 3.28. The first-order valence-corrected chi connectivity index (χ1v) is 12.1. The molecule has 0 radical (unpaired) electrons. The molecule has 2 amide bonds. The molecule has 9 nitrogen and oxygen atoms in total. The number of ether oxygens (including phenoxy) is 1. The number of alkyl carbamates (subject to hydrolysis) is 1. The third-order valence-electron chi connectivity index (χ3n) is 6.00. The number of carbonyl (C=O) groups is 4. The highest BCUT2D eigenvalue weighted by atomic mass is 16.5. The number of nitrogens with one attached hydrogen (secondary N) is 2. The number of benzene rings is 1. The van der Waals surface area contributed by atoms with E-state index in [-0.39, 0.29) is 24.7 Å². The van der Waals surface area contributed by atoms with Crippen LogP contribution in [0.1, 0.15) is 56.4 Å². The molecule has 35 heavy (non-hydrogen) atoms. The normalized spacial score (nSPS) is 17.6. The molecule has 1 aliphatic heterocycles. The van der Waals surface area contributed by atoms with Crippen molar-refractivity contribution in [3.63, 3.8) is 0 Å². The van der Waals surface area contributed by atoms with Gasteiger partial charge < -0.3 is 19.9 Å². The number of aryl methyl sites for hydroxylation is 2. The highest BCUT2D eigenvalue weighted by Gasteiger charge is 2.32. The fourth-order valence-electron chi connectivity index (χ4n) is 4.11. The number of nitrogens with zero attached hydrogens (tertiary/aromatic N) is 1. The Bertz CT molecular complexity index is 1020. The van der Waals surface area contributed by atoms with E-state index in [1.165, 1.54) is 0 Å². The van der Waals surface area contributed by atoms with E-state index in [2.05, 4.69) is 15.8 Å². The van der Waals surface area contributed by atoms with Crippen molar-refractivity contribution in [3.8, 4) is 0 Å². The first-order valence-electron chi connectivity index (χ1n) is 12.1. The van der Waals surface area contributed by atoms with Gasteiger partial charge in [-0.3, -0.25) is 14.4 Å². The first-order chi connectivity index (χ1) is 16.8. The predicted molar refractivity (Wildman–Crippen MR) is 127 cm³/mol. The van der Waals surface area contributed by atoms with E-state index in [4.69, 9.17) is 9.26 Å². The number of hydrogen-bond donors (Lipinski definition) is 2. The van der Waals surface area contributed by atoms with Gasteiger partial charge in [0.1, 0.15) is 12.4 Å². The maximum Gasteiger partial charge on any atom is 0.408 e. The molecule has 2 heterocycles. The molecule has 0 fully saturated rings. The van der Waals surface area contributed by atoms with Crippen LogP contribution in [0, 0.1) is 11.8 Å². The summed E-state index contributed by atoms with van der Waals surface area (Å²) in [6, 6.07) is 8.41. The smallest absolute Gasteiger partial charge is 0.408 e. The highest BCUT2D eigenvalue weighted by Crippen LogP contribution is 2.21. The van der Waals surface area contributed by atoms with Crippen molar-refractivity contribution in [2.75, 3.05) is 6.54 Å². The van der Waals surface area contributed by atoms with E-state index in [9.17, 15) is 19.2 Å². The summed E-state index contributed by atoms with van der Waals surface area (Å²) in [4.78, 5) is 50.9. The van der Waals surface area contributed by atoms with E-state index in [0.29, 0.717) is 38.6 Å².